The number of halogens is 1. The summed E-state index contributed by atoms with van der Waals surface area (Å²) in [6.45, 7) is 2.20. The van der Waals surface area contributed by atoms with E-state index in [1.807, 2.05) is 0 Å². The number of hydrogen-bond donors (Lipinski definition) is 0. The van der Waals surface area contributed by atoms with Crippen molar-refractivity contribution in [1.82, 2.24) is 0 Å². The predicted octanol–water partition coefficient (Wildman–Crippen LogP) is 1.55. The first-order valence-corrected chi connectivity index (χ1v) is 11.7. The summed E-state index contributed by atoms with van der Waals surface area (Å²) >= 11 is -0.338. The Morgan fingerprint density at radius 2 is 2.15 bits per heavy atom. The molecule has 0 saturated carbocycles. The Hall–Kier alpha value is -0.951. The fourth-order valence-electron chi connectivity index (χ4n) is 1.16. The minimum atomic E-state index is -0.338. The van der Waals surface area contributed by atoms with Gasteiger partial charge in [-0.05, 0) is 18.0 Å². The van der Waals surface area contributed by atoms with Crippen LogP contribution in [0.5, 0.6) is 11.5 Å². The Labute approximate surface area is 133 Å². The quantitative estimate of drug-likeness (QED) is 0.238. The Balaban J connectivity index is 0.000000511. The number of methoxy groups -OCH3 is 1. The van der Waals surface area contributed by atoms with Crippen LogP contribution >= 0.6 is 8.92 Å². The SMILES string of the molecule is CCC[CH2][Sn+2][Cl].COc1cccc(/C=N/N=C\[O-])c1[O-]. The third kappa shape index (κ3) is 8.27. The molecule has 0 bridgehead atoms. The van der Waals surface area contributed by atoms with E-state index >= 15 is 0 Å². The monoisotopic (exact) mass is 404 g/mol. The van der Waals surface area contributed by atoms with Crippen molar-refractivity contribution in [2.45, 2.75) is 24.2 Å². The summed E-state index contributed by atoms with van der Waals surface area (Å²) in [6, 6.07) is 4.77. The van der Waals surface area contributed by atoms with Crippen LogP contribution in [-0.4, -0.2) is 39.7 Å². The normalized spacial score (nSPS) is 10.2. The molecule has 1 rings (SSSR count). The van der Waals surface area contributed by atoms with Crippen LogP contribution in [-0.2, 0) is 0 Å². The summed E-state index contributed by atoms with van der Waals surface area (Å²) in [5, 5.41) is 27.7. The molecule has 7 heteroatoms. The largest absolute Gasteiger partial charge is 0.870 e. The van der Waals surface area contributed by atoms with Crippen molar-refractivity contribution < 1.29 is 14.9 Å². The molecule has 5 nitrogen and oxygen atoms in total. The number of ether oxygens (including phenoxy) is 1. The van der Waals surface area contributed by atoms with Crippen LogP contribution in [0, 0.1) is 0 Å². The maximum absolute atomic E-state index is 11.4. The van der Waals surface area contributed by atoms with Gasteiger partial charge in [0.25, 0.3) is 0 Å². The number of unbranched alkanes of at least 4 members (excludes halogenated alkanes) is 1. The zero-order valence-electron chi connectivity index (χ0n) is 11.5. The molecule has 0 aromatic heterocycles. The molecular formula is C13H17ClN2O3Sn. The summed E-state index contributed by atoms with van der Waals surface area (Å²) in [4.78, 5) is 0. The molecule has 0 atom stereocenters. The van der Waals surface area contributed by atoms with E-state index in [0.29, 0.717) is 12.0 Å². The number of hydrogen-bond acceptors (Lipinski definition) is 5. The van der Waals surface area contributed by atoms with Gasteiger partial charge in [0.1, 0.15) is 5.75 Å². The van der Waals surface area contributed by atoms with E-state index in [4.69, 9.17) is 13.7 Å². The van der Waals surface area contributed by atoms with Gasteiger partial charge in [-0.2, -0.15) is 10.2 Å². The molecule has 0 unspecified atom stereocenters. The van der Waals surface area contributed by atoms with E-state index in [-0.39, 0.29) is 31.5 Å². The predicted molar refractivity (Wildman–Crippen MR) is 79.8 cm³/mol. The van der Waals surface area contributed by atoms with Crippen LogP contribution in [0.2, 0.25) is 4.44 Å². The topological polar surface area (TPSA) is 80.1 Å². The van der Waals surface area contributed by atoms with Gasteiger partial charge in [0, 0.05) is 0 Å². The zero-order chi connectivity index (χ0) is 15.2. The van der Waals surface area contributed by atoms with Crippen molar-refractivity contribution in [3.8, 4) is 11.5 Å². The molecular weight excluding hydrogens is 386 g/mol. The third-order valence-electron chi connectivity index (χ3n) is 2.16. The Bertz CT molecular complexity index is 424. The molecule has 0 heterocycles. The third-order valence-corrected chi connectivity index (χ3v) is 4.98. The number of benzene rings is 1. The van der Waals surface area contributed by atoms with E-state index < -0.39 is 0 Å². The molecule has 0 amide bonds. The van der Waals surface area contributed by atoms with E-state index in [0.717, 1.165) is 0 Å². The van der Waals surface area contributed by atoms with Gasteiger partial charge < -0.3 is 14.9 Å². The van der Waals surface area contributed by atoms with Gasteiger partial charge >= 0.3 is 53.1 Å². The van der Waals surface area contributed by atoms with Crippen LogP contribution in [0.25, 0.3) is 0 Å². The van der Waals surface area contributed by atoms with Crippen molar-refractivity contribution >= 4 is 41.6 Å². The first-order valence-electron chi connectivity index (χ1n) is 6.05. The molecule has 0 saturated heterocycles. The molecule has 0 fully saturated rings. The molecule has 108 valence electrons. The summed E-state index contributed by atoms with van der Waals surface area (Å²) in [7, 11) is 6.96. The molecule has 0 aliphatic rings. The first kappa shape index (κ1) is 19.0. The van der Waals surface area contributed by atoms with Gasteiger partial charge in [-0.1, -0.05) is 17.9 Å². The van der Waals surface area contributed by atoms with E-state index in [2.05, 4.69) is 17.1 Å². The Morgan fingerprint density at radius 1 is 1.40 bits per heavy atom. The average molecular weight is 403 g/mol. The smallest absolute Gasteiger partial charge is 0.111 e. The average Bonchev–Trinajstić information content (AvgIpc) is 2.48. The standard InChI is InChI=1S/C9H10N2O3.C4H9.ClH.Sn/c1-14-8-4-2-3-7(9(8)13)5-10-11-6-12;1-3-4-2;;/h2-6,13H,1H3,(H,11,12);1,3-4H2,2H3;1H;/q;;;+3/p-3/b10-5+;;;. The maximum Gasteiger partial charge on any atom is 0.111 e. The Kier molecular flexibility index (Phi) is 12.4. The molecule has 0 spiro atoms. The minimum Gasteiger partial charge on any atom is -0.870 e. The molecule has 1 aromatic rings. The van der Waals surface area contributed by atoms with Crippen molar-refractivity contribution in [3.63, 3.8) is 0 Å². The van der Waals surface area contributed by atoms with Crippen LogP contribution < -0.4 is 14.9 Å². The maximum atomic E-state index is 11.4. The van der Waals surface area contributed by atoms with Crippen LogP contribution in [0.1, 0.15) is 25.3 Å². The molecule has 0 N–H and O–H groups in total. The van der Waals surface area contributed by atoms with Gasteiger partial charge in [-0.15, -0.1) is 0 Å². The molecule has 0 aliphatic heterocycles. The summed E-state index contributed by atoms with van der Waals surface area (Å²) in [5.41, 5.74) is 0.329. The van der Waals surface area contributed by atoms with Crippen molar-refractivity contribution in [2.24, 2.45) is 10.2 Å². The zero-order valence-corrected chi connectivity index (χ0v) is 15.1. The fraction of sp³-hybridized carbons (Fsp3) is 0.385. The van der Waals surface area contributed by atoms with Crippen molar-refractivity contribution in [2.75, 3.05) is 7.11 Å². The molecule has 0 aliphatic carbocycles. The van der Waals surface area contributed by atoms with Crippen LogP contribution in [0.3, 0.4) is 0 Å². The first-order chi connectivity index (χ1) is 9.71. The van der Waals surface area contributed by atoms with Crippen LogP contribution in [0.4, 0.5) is 0 Å². The van der Waals surface area contributed by atoms with E-state index in [9.17, 15) is 10.2 Å². The Morgan fingerprint density at radius 3 is 2.65 bits per heavy atom. The summed E-state index contributed by atoms with van der Waals surface area (Å²) < 4.78 is 6.17. The van der Waals surface area contributed by atoms with Gasteiger partial charge in [-0.3, -0.25) is 0 Å². The number of rotatable bonds is 6. The van der Waals surface area contributed by atoms with Crippen molar-refractivity contribution in [3.05, 3.63) is 23.8 Å². The summed E-state index contributed by atoms with van der Waals surface area (Å²) in [6.07, 6.45) is 4.17. The number of para-hydroxylation sites is 1. The molecule has 1 aromatic carbocycles. The fourth-order valence-corrected chi connectivity index (χ4v) is 3.45. The second kappa shape index (κ2) is 13.1. The minimum absolute atomic E-state index is 0.236. The van der Waals surface area contributed by atoms with E-state index in [1.165, 1.54) is 30.6 Å². The van der Waals surface area contributed by atoms with Gasteiger partial charge in [-0.25, -0.2) is 0 Å². The van der Waals surface area contributed by atoms with Gasteiger partial charge in [0.15, 0.2) is 0 Å². The molecule has 20 heavy (non-hydrogen) atoms. The summed E-state index contributed by atoms with van der Waals surface area (Å²) in [5.74, 6) is -0.0418. The second-order valence-corrected chi connectivity index (χ2v) is 7.56. The van der Waals surface area contributed by atoms with Gasteiger partial charge in [0.2, 0.25) is 0 Å². The second-order valence-electron chi connectivity index (χ2n) is 3.58. The van der Waals surface area contributed by atoms with E-state index in [1.54, 1.807) is 18.2 Å². The van der Waals surface area contributed by atoms with Crippen LogP contribution in [0.15, 0.2) is 28.4 Å². The number of nitrogens with zero attached hydrogens (tertiary/aromatic N) is 2. The van der Waals surface area contributed by atoms with Crippen molar-refractivity contribution in [1.29, 1.82) is 0 Å². The van der Waals surface area contributed by atoms with Gasteiger partial charge in [0.05, 0.1) is 13.3 Å². The molecule has 0 radical (unpaired) electrons.